The van der Waals surface area contributed by atoms with Crippen LogP contribution in [-0.2, 0) is 19.1 Å². The predicted molar refractivity (Wildman–Crippen MR) is 355 cm³/mol. The summed E-state index contributed by atoms with van der Waals surface area (Å²) in [5.74, 6) is -0.292. The normalized spacial score (nSPS) is 12.5. The number of unbranched alkanes of at least 4 members (excludes halogenated alkanes) is 45. The van der Waals surface area contributed by atoms with Gasteiger partial charge in [0, 0.05) is 39.3 Å². The highest BCUT2D eigenvalue weighted by atomic mass is 16.5. The standard InChI is InChI=1S/C72H146N4O6/c1-5-9-13-17-21-25-29-33-37-41-45-49-59-75(67-69(77)65-73-57-55-71(79)81-63-53-47-43-39-35-31-27-23-19-15-11-7-3)61-51-52-62-76(60-50-46-42-38-34-30-26-22-18-14-10-6-2)68-70(78)66-74-58-56-72(80)82-64-54-48-44-40-36-32-28-24-20-16-12-8-4/h69-70,73-74,77-78H,5-68H2,1-4H3. The molecule has 10 nitrogen and oxygen atoms in total. The Morgan fingerprint density at radius 1 is 0.305 bits per heavy atom. The van der Waals surface area contributed by atoms with Crippen molar-refractivity contribution < 1.29 is 29.3 Å². The highest BCUT2D eigenvalue weighted by Crippen LogP contribution is 2.17. The summed E-state index contributed by atoms with van der Waals surface area (Å²) in [6.07, 6.45) is 64.8. The zero-order valence-electron chi connectivity index (χ0n) is 55.8. The van der Waals surface area contributed by atoms with Gasteiger partial charge in [0.2, 0.25) is 0 Å². The summed E-state index contributed by atoms with van der Waals surface area (Å²) in [5, 5.41) is 29.2. The Kier molecular flexibility index (Phi) is 67.7. The summed E-state index contributed by atoms with van der Waals surface area (Å²) in [7, 11) is 0. The van der Waals surface area contributed by atoms with Crippen molar-refractivity contribution in [3.63, 3.8) is 0 Å². The van der Waals surface area contributed by atoms with E-state index in [-0.39, 0.29) is 11.9 Å². The van der Waals surface area contributed by atoms with Gasteiger partial charge < -0.3 is 40.1 Å². The van der Waals surface area contributed by atoms with E-state index in [4.69, 9.17) is 9.47 Å². The molecule has 0 aromatic heterocycles. The number of nitrogens with zero attached hydrogens (tertiary/aromatic N) is 2. The maximum atomic E-state index is 12.5. The summed E-state index contributed by atoms with van der Waals surface area (Å²) in [4.78, 5) is 29.9. The molecule has 0 fully saturated rings. The highest BCUT2D eigenvalue weighted by molar-refractivity contribution is 5.69. The minimum Gasteiger partial charge on any atom is -0.466 e. The van der Waals surface area contributed by atoms with Crippen molar-refractivity contribution >= 4 is 11.9 Å². The average Bonchev–Trinajstić information content (AvgIpc) is 3.47. The van der Waals surface area contributed by atoms with Crippen LogP contribution in [0.1, 0.15) is 362 Å². The lowest BCUT2D eigenvalue weighted by Crippen LogP contribution is -2.41. The second kappa shape index (κ2) is 68.8. The lowest BCUT2D eigenvalue weighted by Gasteiger charge is -2.27. The predicted octanol–water partition coefficient (Wildman–Crippen LogP) is 18.9. The molecular weight excluding hydrogens is 1020 g/mol. The van der Waals surface area contributed by atoms with Crippen LogP contribution >= 0.6 is 0 Å². The number of rotatable bonds is 71. The zero-order chi connectivity index (χ0) is 59.5. The molecule has 0 amide bonds. The largest absolute Gasteiger partial charge is 0.466 e. The number of ether oxygens (including phenoxy) is 2. The van der Waals surface area contributed by atoms with Crippen LogP contribution in [0.3, 0.4) is 0 Å². The summed E-state index contributed by atoms with van der Waals surface area (Å²) in [6, 6.07) is 0. The second-order valence-corrected chi connectivity index (χ2v) is 25.5. The third kappa shape index (κ3) is 64.7. The fraction of sp³-hybridized carbons (Fsp3) is 0.972. The van der Waals surface area contributed by atoms with Crippen LogP contribution in [0, 0.1) is 0 Å². The molecule has 0 spiro atoms. The molecule has 0 bridgehead atoms. The van der Waals surface area contributed by atoms with E-state index in [0.29, 0.717) is 65.3 Å². The quantitative estimate of drug-likeness (QED) is 0.0346. The first-order chi connectivity index (χ1) is 40.4. The smallest absolute Gasteiger partial charge is 0.307 e. The molecule has 0 aromatic carbocycles. The maximum Gasteiger partial charge on any atom is 0.307 e. The van der Waals surface area contributed by atoms with Crippen molar-refractivity contribution in [2.45, 2.75) is 374 Å². The van der Waals surface area contributed by atoms with E-state index in [9.17, 15) is 19.8 Å². The van der Waals surface area contributed by atoms with E-state index >= 15 is 0 Å². The third-order valence-corrected chi connectivity index (χ3v) is 17.1. The molecule has 0 aliphatic carbocycles. The first-order valence-corrected chi connectivity index (χ1v) is 36.9. The summed E-state index contributed by atoms with van der Waals surface area (Å²) < 4.78 is 11.1. The first-order valence-electron chi connectivity index (χ1n) is 36.9. The molecule has 0 aliphatic heterocycles. The number of aliphatic hydroxyl groups is 2. The molecule has 0 aliphatic rings. The highest BCUT2D eigenvalue weighted by Gasteiger charge is 2.16. The zero-order valence-corrected chi connectivity index (χ0v) is 55.8. The Morgan fingerprint density at radius 3 is 0.732 bits per heavy atom. The monoisotopic (exact) mass is 1160 g/mol. The van der Waals surface area contributed by atoms with Gasteiger partial charge in [-0.2, -0.15) is 0 Å². The topological polar surface area (TPSA) is 124 Å². The van der Waals surface area contributed by atoms with Crippen molar-refractivity contribution in [3.8, 4) is 0 Å². The molecule has 0 saturated heterocycles. The first kappa shape index (κ1) is 80.7. The Bertz CT molecular complexity index is 1150. The van der Waals surface area contributed by atoms with Crippen molar-refractivity contribution in [3.05, 3.63) is 0 Å². The average molecular weight is 1160 g/mol. The molecular formula is C72H146N4O6. The Labute approximate surface area is 511 Å². The van der Waals surface area contributed by atoms with Crippen LogP contribution in [0.25, 0.3) is 0 Å². The van der Waals surface area contributed by atoms with Gasteiger partial charge >= 0.3 is 11.9 Å². The summed E-state index contributed by atoms with van der Waals surface area (Å²) >= 11 is 0. The van der Waals surface area contributed by atoms with Gasteiger partial charge in [0.05, 0.1) is 38.3 Å². The van der Waals surface area contributed by atoms with E-state index in [1.165, 1.54) is 270 Å². The number of aliphatic hydroxyl groups excluding tert-OH is 2. The van der Waals surface area contributed by atoms with E-state index in [2.05, 4.69) is 48.1 Å². The molecule has 82 heavy (non-hydrogen) atoms. The lowest BCUT2D eigenvalue weighted by atomic mass is 10.1. The molecule has 490 valence electrons. The van der Waals surface area contributed by atoms with Crippen LogP contribution in [0.4, 0.5) is 0 Å². The van der Waals surface area contributed by atoms with Gasteiger partial charge in [-0.05, 0) is 64.7 Å². The number of hydrogen-bond acceptors (Lipinski definition) is 10. The van der Waals surface area contributed by atoms with Gasteiger partial charge in [-0.3, -0.25) is 9.59 Å². The number of hydrogen-bond donors (Lipinski definition) is 4. The molecule has 2 atom stereocenters. The van der Waals surface area contributed by atoms with Crippen LogP contribution in [0.2, 0.25) is 0 Å². The van der Waals surface area contributed by atoms with Gasteiger partial charge in [0.1, 0.15) is 0 Å². The number of carbonyl (C=O) groups is 2. The number of nitrogens with one attached hydrogen (secondary N) is 2. The van der Waals surface area contributed by atoms with Gasteiger partial charge in [0.15, 0.2) is 0 Å². The third-order valence-electron chi connectivity index (χ3n) is 17.1. The van der Waals surface area contributed by atoms with Gasteiger partial charge in [-0.1, -0.05) is 310 Å². The second-order valence-electron chi connectivity index (χ2n) is 25.5. The van der Waals surface area contributed by atoms with Crippen molar-refractivity contribution in [2.24, 2.45) is 0 Å². The summed E-state index contributed by atoms with van der Waals surface area (Å²) in [5.41, 5.74) is 0. The minimum atomic E-state index is -0.500. The van der Waals surface area contributed by atoms with E-state index in [1.54, 1.807) is 0 Å². The van der Waals surface area contributed by atoms with E-state index in [0.717, 1.165) is 77.5 Å². The van der Waals surface area contributed by atoms with Gasteiger partial charge in [0.25, 0.3) is 0 Å². The van der Waals surface area contributed by atoms with Crippen LogP contribution in [-0.4, -0.2) is 123 Å². The van der Waals surface area contributed by atoms with E-state index in [1.807, 2.05) is 0 Å². The maximum absolute atomic E-state index is 12.5. The molecule has 0 saturated carbocycles. The molecule has 0 radical (unpaired) electrons. The Morgan fingerprint density at radius 2 is 0.500 bits per heavy atom. The fourth-order valence-corrected chi connectivity index (χ4v) is 11.7. The van der Waals surface area contributed by atoms with Crippen LogP contribution in [0.5, 0.6) is 0 Å². The minimum absolute atomic E-state index is 0.146. The number of carbonyl (C=O) groups excluding carboxylic acids is 2. The number of esters is 2. The molecule has 4 N–H and O–H groups in total. The molecule has 10 heteroatoms. The lowest BCUT2D eigenvalue weighted by molar-refractivity contribution is -0.144. The SMILES string of the molecule is CCCCCCCCCCCCCCOC(=O)CCNCC(O)CN(CCCCCCCCCCCCCC)CCCCN(CCCCCCCCCCCCCC)CC(O)CNCCC(=O)OCCCCCCCCCCCCCC. The molecule has 2 unspecified atom stereocenters. The molecule has 0 rings (SSSR count). The Hall–Kier alpha value is -1.30. The van der Waals surface area contributed by atoms with Gasteiger partial charge in [-0.15, -0.1) is 0 Å². The fourth-order valence-electron chi connectivity index (χ4n) is 11.7. The van der Waals surface area contributed by atoms with Gasteiger partial charge in [-0.25, -0.2) is 0 Å². The molecule has 0 aromatic rings. The summed E-state index contributed by atoms with van der Waals surface area (Å²) in [6.45, 7) is 17.3. The van der Waals surface area contributed by atoms with Crippen molar-refractivity contribution in [1.29, 1.82) is 0 Å². The van der Waals surface area contributed by atoms with Crippen molar-refractivity contribution in [2.75, 3.05) is 78.7 Å². The van der Waals surface area contributed by atoms with E-state index < -0.39 is 12.2 Å². The van der Waals surface area contributed by atoms with Crippen LogP contribution < -0.4 is 10.6 Å². The van der Waals surface area contributed by atoms with Crippen LogP contribution in [0.15, 0.2) is 0 Å². The molecule has 0 heterocycles. The van der Waals surface area contributed by atoms with Crippen molar-refractivity contribution in [1.82, 2.24) is 20.4 Å². The Balaban J connectivity index is 4.97.